The lowest BCUT2D eigenvalue weighted by atomic mass is 9.88. The van der Waals surface area contributed by atoms with Crippen LogP contribution >= 0.6 is 11.8 Å². The predicted octanol–water partition coefficient (Wildman–Crippen LogP) is 3.41. The summed E-state index contributed by atoms with van der Waals surface area (Å²) < 4.78 is 0. The Morgan fingerprint density at radius 1 is 1.13 bits per heavy atom. The van der Waals surface area contributed by atoms with E-state index in [1.807, 2.05) is 29.4 Å². The van der Waals surface area contributed by atoms with Gasteiger partial charge in [0.25, 0.3) is 11.8 Å². The Kier molecular flexibility index (Phi) is 7.29. The van der Waals surface area contributed by atoms with Gasteiger partial charge in [0.15, 0.2) is 0 Å². The number of nitrogens with zero attached hydrogens (tertiary/aromatic N) is 1. The smallest absolute Gasteiger partial charge is 0.291 e. The van der Waals surface area contributed by atoms with Crippen LogP contribution in [-0.2, 0) is 16.1 Å². The second-order valence-corrected chi connectivity index (χ2v) is 8.36. The molecule has 1 aliphatic rings. The number of likely N-dealkylation sites (tertiary alicyclic amines) is 1. The molecule has 0 atom stereocenters. The van der Waals surface area contributed by atoms with Gasteiger partial charge in [-0.2, -0.15) is 0 Å². The molecular formula is C23H27N3O3S. The molecule has 0 aromatic heterocycles. The van der Waals surface area contributed by atoms with Gasteiger partial charge in [0.1, 0.15) is 0 Å². The number of hydrogen-bond acceptors (Lipinski definition) is 5. The van der Waals surface area contributed by atoms with E-state index in [9.17, 15) is 14.4 Å². The molecule has 2 aromatic carbocycles. The topological polar surface area (TPSA) is 92.5 Å². The number of amides is 2. The van der Waals surface area contributed by atoms with Crippen LogP contribution in [0, 0.1) is 0 Å². The first kappa shape index (κ1) is 22.1. The molecule has 0 unspecified atom stereocenters. The Morgan fingerprint density at radius 2 is 1.87 bits per heavy atom. The molecule has 158 valence electrons. The van der Waals surface area contributed by atoms with Gasteiger partial charge in [0.2, 0.25) is 5.78 Å². The number of Topliss-reactive ketones (excluding diaryl/α,β-unsaturated/α-hetero) is 1. The number of carbonyl (C=O) groups is 3. The van der Waals surface area contributed by atoms with Gasteiger partial charge in [-0.1, -0.05) is 24.3 Å². The largest absolute Gasteiger partial charge is 0.339 e. The second-order valence-electron chi connectivity index (χ2n) is 7.48. The fourth-order valence-corrected chi connectivity index (χ4v) is 4.19. The number of ketones is 1. The summed E-state index contributed by atoms with van der Waals surface area (Å²) in [7, 11) is 0. The number of carbonyl (C=O) groups excluding carboxylic acids is 3. The first-order valence-electron chi connectivity index (χ1n) is 10.0. The summed E-state index contributed by atoms with van der Waals surface area (Å²) in [5.41, 5.74) is 9.14. The summed E-state index contributed by atoms with van der Waals surface area (Å²) in [5, 5.41) is 2.57. The van der Waals surface area contributed by atoms with Gasteiger partial charge in [0.05, 0.1) is 0 Å². The highest BCUT2D eigenvalue weighted by Crippen LogP contribution is 2.30. The molecule has 0 saturated carbocycles. The standard InChI is InChI=1S/C23H27N3O3S/c1-15(27)22(28)25-20-11-19(12-21(13-20)30-2)23(29)26-8-6-17(7-9-26)18-5-3-4-16(10-18)14-24/h3-5,10-13,17H,6-9,14,24H2,1-2H3,(H,25,28). The summed E-state index contributed by atoms with van der Waals surface area (Å²) >= 11 is 1.48. The molecular weight excluding hydrogens is 398 g/mol. The summed E-state index contributed by atoms with van der Waals surface area (Å²) in [6.07, 6.45) is 3.70. The first-order valence-corrected chi connectivity index (χ1v) is 11.2. The average Bonchev–Trinajstić information content (AvgIpc) is 2.78. The Morgan fingerprint density at radius 3 is 2.50 bits per heavy atom. The fourth-order valence-electron chi connectivity index (χ4n) is 3.70. The van der Waals surface area contributed by atoms with E-state index in [0.29, 0.717) is 36.8 Å². The summed E-state index contributed by atoms with van der Waals surface area (Å²) in [6.45, 7) is 3.09. The number of benzene rings is 2. The van der Waals surface area contributed by atoms with Crippen molar-refractivity contribution >= 4 is 35.0 Å². The van der Waals surface area contributed by atoms with Crippen LogP contribution in [0.25, 0.3) is 0 Å². The number of rotatable bonds is 6. The van der Waals surface area contributed by atoms with E-state index in [-0.39, 0.29) is 5.91 Å². The van der Waals surface area contributed by atoms with Crippen LogP contribution in [0.3, 0.4) is 0 Å². The number of piperidine rings is 1. The van der Waals surface area contributed by atoms with E-state index < -0.39 is 11.7 Å². The quantitative estimate of drug-likeness (QED) is 0.547. The molecule has 0 bridgehead atoms. The molecule has 1 saturated heterocycles. The molecule has 1 heterocycles. The second kappa shape index (κ2) is 9.91. The van der Waals surface area contributed by atoms with E-state index >= 15 is 0 Å². The van der Waals surface area contributed by atoms with Crippen LogP contribution in [0.15, 0.2) is 47.4 Å². The number of hydrogen-bond donors (Lipinski definition) is 2. The van der Waals surface area contributed by atoms with Crippen molar-refractivity contribution in [2.75, 3.05) is 24.7 Å². The molecule has 7 heteroatoms. The number of anilines is 1. The zero-order chi connectivity index (χ0) is 21.7. The third-order valence-corrected chi connectivity index (χ3v) is 6.11. The van der Waals surface area contributed by atoms with Gasteiger partial charge in [-0.3, -0.25) is 14.4 Å². The maximum Gasteiger partial charge on any atom is 0.291 e. The lowest BCUT2D eigenvalue weighted by Crippen LogP contribution is -2.38. The normalized spacial score (nSPS) is 14.4. The van der Waals surface area contributed by atoms with E-state index in [2.05, 4.69) is 17.4 Å². The van der Waals surface area contributed by atoms with Gasteiger partial charge >= 0.3 is 0 Å². The lowest BCUT2D eigenvalue weighted by Gasteiger charge is -2.32. The minimum Gasteiger partial charge on any atom is -0.339 e. The van der Waals surface area contributed by atoms with Crippen molar-refractivity contribution < 1.29 is 14.4 Å². The van der Waals surface area contributed by atoms with Crippen molar-refractivity contribution in [3.05, 3.63) is 59.2 Å². The molecule has 2 amide bonds. The SMILES string of the molecule is CSc1cc(NC(=O)C(C)=O)cc(C(=O)N2CCC(c3cccc(CN)c3)CC2)c1. The van der Waals surface area contributed by atoms with Crippen LogP contribution in [0.2, 0.25) is 0 Å². The highest BCUT2D eigenvalue weighted by atomic mass is 32.2. The molecule has 1 fully saturated rings. The van der Waals surface area contributed by atoms with E-state index in [4.69, 9.17) is 5.73 Å². The van der Waals surface area contributed by atoms with Gasteiger partial charge in [-0.25, -0.2) is 0 Å². The minimum atomic E-state index is -0.688. The number of thioether (sulfide) groups is 1. The summed E-state index contributed by atoms with van der Waals surface area (Å²) in [5.74, 6) is -0.896. The van der Waals surface area contributed by atoms with Crippen LogP contribution in [0.4, 0.5) is 5.69 Å². The molecule has 3 rings (SSSR count). The maximum atomic E-state index is 13.1. The van der Waals surface area contributed by atoms with E-state index in [1.54, 1.807) is 12.1 Å². The zero-order valence-electron chi connectivity index (χ0n) is 17.3. The number of nitrogens with two attached hydrogens (primary N) is 1. The minimum absolute atomic E-state index is 0.0571. The fraction of sp³-hybridized carbons (Fsp3) is 0.348. The van der Waals surface area contributed by atoms with Crippen molar-refractivity contribution in [2.24, 2.45) is 5.73 Å². The third kappa shape index (κ3) is 5.29. The Bertz CT molecular complexity index is 952. The maximum absolute atomic E-state index is 13.1. The van der Waals surface area contributed by atoms with Crippen LogP contribution in [0.5, 0.6) is 0 Å². The van der Waals surface area contributed by atoms with Crippen LogP contribution < -0.4 is 11.1 Å². The molecule has 1 aliphatic heterocycles. The predicted molar refractivity (Wildman–Crippen MR) is 120 cm³/mol. The lowest BCUT2D eigenvalue weighted by molar-refractivity contribution is -0.133. The summed E-state index contributed by atoms with van der Waals surface area (Å²) in [4.78, 5) is 38.8. The van der Waals surface area contributed by atoms with Gasteiger partial charge in [0, 0.05) is 42.7 Å². The molecule has 0 radical (unpaired) electrons. The van der Waals surface area contributed by atoms with Crippen molar-refractivity contribution in [3.8, 4) is 0 Å². The Labute approximate surface area is 181 Å². The highest BCUT2D eigenvalue weighted by Gasteiger charge is 2.25. The van der Waals surface area contributed by atoms with Crippen molar-refractivity contribution in [3.63, 3.8) is 0 Å². The number of nitrogens with one attached hydrogen (secondary N) is 1. The third-order valence-electron chi connectivity index (χ3n) is 5.41. The van der Waals surface area contributed by atoms with Crippen molar-refractivity contribution in [2.45, 2.75) is 37.1 Å². The molecule has 0 spiro atoms. The van der Waals surface area contributed by atoms with Crippen molar-refractivity contribution in [1.29, 1.82) is 0 Å². The van der Waals surface area contributed by atoms with Crippen LogP contribution in [-0.4, -0.2) is 41.8 Å². The molecule has 2 aromatic rings. The zero-order valence-corrected chi connectivity index (χ0v) is 18.1. The first-order chi connectivity index (χ1) is 14.4. The molecule has 30 heavy (non-hydrogen) atoms. The highest BCUT2D eigenvalue weighted by molar-refractivity contribution is 7.98. The molecule has 6 nitrogen and oxygen atoms in total. The average molecular weight is 426 g/mol. The van der Waals surface area contributed by atoms with Crippen LogP contribution in [0.1, 0.15) is 47.2 Å². The van der Waals surface area contributed by atoms with E-state index in [0.717, 1.165) is 23.3 Å². The molecule has 3 N–H and O–H groups in total. The monoisotopic (exact) mass is 425 g/mol. The Balaban J connectivity index is 1.71. The van der Waals surface area contributed by atoms with Gasteiger partial charge in [-0.15, -0.1) is 11.8 Å². The van der Waals surface area contributed by atoms with Crippen molar-refractivity contribution in [1.82, 2.24) is 4.90 Å². The molecule has 0 aliphatic carbocycles. The van der Waals surface area contributed by atoms with Gasteiger partial charge in [-0.05, 0) is 54.3 Å². The van der Waals surface area contributed by atoms with Gasteiger partial charge < -0.3 is 16.0 Å². The Hall–Kier alpha value is -2.64. The van der Waals surface area contributed by atoms with E-state index in [1.165, 1.54) is 24.2 Å². The summed E-state index contributed by atoms with van der Waals surface area (Å²) in [6, 6.07) is 13.6.